The summed E-state index contributed by atoms with van der Waals surface area (Å²) in [5.74, 6) is -1.11. The summed E-state index contributed by atoms with van der Waals surface area (Å²) in [7, 11) is 9.09. The number of likely N-dealkylation sites (tertiary alicyclic amines) is 1. The summed E-state index contributed by atoms with van der Waals surface area (Å²) in [6.07, 6.45) is 4.85. The number of carbonyl (C=O) groups excluding carboxylic acids is 3. The molecule has 17 heteroatoms. The predicted molar refractivity (Wildman–Crippen MR) is 258 cm³/mol. The van der Waals surface area contributed by atoms with Gasteiger partial charge in [0.1, 0.15) is 23.4 Å². The van der Waals surface area contributed by atoms with Crippen molar-refractivity contribution in [2.75, 3.05) is 47.9 Å². The maximum absolute atomic E-state index is 14.7. The van der Waals surface area contributed by atoms with Gasteiger partial charge in [0, 0.05) is 56.4 Å². The first-order valence-electron chi connectivity index (χ1n) is 22.2. The number of piperidine rings is 1. The lowest BCUT2D eigenvalue weighted by Crippen LogP contribution is -2.65. The van der Waals surface area contributed by atoms with Crippen molar-refractivity contribution < 1.29 is 33.8 Å². The standard InChI is InChI=1S/C50H60Cl2N8O7/c1-33(53-27-36-15-18-39(52)25-44(36)67-40-19-20-41(54-28-40)43-29-55-45(58(43)4)30-57(2)3)47(63)56-42(31-66-6)49(65)59(5)50(26-35-13-16-38(51)17-14-35)21-10-22-60(32-50)48(64)37(24-46(61)62)23-34-11-8-7-9-12-34/h7-9,11-20,25,28-29,33,37,42,53H,10,21-24,26-27,30-32H2,1-6H3,(H,56,63)(H,61,62)/t33?,37?,42?,50-/m1/s1. The molecule has 67 heavy (non-hydrogen) atoms. The number of carboxylic acids is 1. The van der Waals surface area contributed by atoms with Crippen molar-refractivity contribution in [3.05, 3.63) is 130 Å². The van der Waals surface area contributed by atoms with Crippen LogP contribution in [0.5, 0.6) is 11.5 Å². The number of aromatic nitrogens is 3. The Morgan fingerprint density at radius 1 is 0.925 bits per heavy atom. The zero-order chi connectivity index (χ0) is 48.3. The number of ether oxygens (including phenoxy) is 2. The Morgan fingerprint density at radius 2 is 1.66 bits per heavy atom. The molecule has 0 aliphatic carbocycles. The Balaban J connectivity index is 1.15. The molecule has 0 saturated carbocycles. The molecule has 6 rings (SSSR count). The van der Waals surface area contributed by atoms with Gasteiger partial charge in [-0.2, -0.15) is 0 Å². The van der Waals surface area contributed by atoms with Gasteiger partial charge in [-0.05, 0) is 94.2 Å². The number of hydrogen-bond acceptors (Lipinski definition) is 10. The van der Waals surface area contributed by atoms with Crippen LogP contribution >= 0.6 is 23.2 Å². The highest BCUT2D eigenvalue weighted by molar-refractivity contribution is 6.31. The monoisotopic (exact) mass is 954 g/mol. The van der Waals surface area contributed by atoms with Gasteiger partial charge in [-0.25, -0.2) is 4.98 Å². The number of carboxylic acid groups (broad SMARTS) is 1. The lowest BCUT2D eigenvalue weighted by atomic mass is 9.80. The summed E-state index contributed by atoms with van der Waals surface area (Å²) in [4.78, 5) is 69.5. The summed E-state index contributed by atoms with van der Waals surface area (Å²) >= 11 is 12.7. The lowest BCUT2D eigenvalue weighted by molar-refractivity contribution is -0.151. The normalized spacial score (nSPS) is 16.3. The van der Waals surface area contributed by atoms with Crippen LogP contribution in [0.4, 0.5) is 0 Å². The molecule has 356 valence electrons. The zero-order valence-electron chi connectivity index (χ0n) is 38.9. The van der Waals surface area contributed by atoms with Crippen LogP contribution in [0.2, 0.25) is 10.0 Å². The molecule has 0 spiro atoms. The average molecular weight is 956 g/mol. The highest BCUT2D eigenvalue weighted by Crippen LogP contribution is 2.34. The van der Waals surface area contributed by atoms with Gasteiger partial charge in [-0.3, -0.25) is 24.2 Å². The van der Waals surface area contributed by atoms with E-state index in [4.69, 9.17) is 32.7 Å². The average Bonchev–Trinajstić information content (AvgIpc) is 3.66. The summed E-state index contributed by atoms with van der Waals surface area (Å²) in [6, 6.07) is 23.8. The highest BCUT2D eigenvalue weighted by atomic mass is 35.5. The summed E-state index contributed by atoms with van der Waals surface area (Å²) < 4.78 is 13.8. The lowest BCUT2D eigenvalue weighted by Gasteiger charge is -2.49. The molecule has 1 fully saturated rings. The largest absolute Gasteiger partial charge is 0.481 e. The third-order valence-corrected chi connectivity index (χ3v) is 12.7. The first-order valence-corrected chi connectivity index (χ1v) is 23.0. The van der Waals surface area contributed by atoms with Crippen LogP contribution in [0.15, 0.2) is 97.3 Å². The maximum Gasteiger partial charge on any atom is 0.304 e. The van der Waals surface area contributed by atoms with Crippen molar-refractivity contribution in [1.29, 1.82) is 0 Å². The molecule has 0 radical (unpaired) electrons. The molecule has 0 bridgehead atoms. The number of rotatable bonds is 21. The minimum absolute atomic E-state index is 0.112. The van der Waals surface area contributed by atoms with Crippen molar-refractivity contribution >= 4 is 46.9 Å². The smallest absolute Gasteiger partial charge is 0.304 e. The molecule has 3 heterocycles. The van der Waals surface area contributed by atoms with Crippen LogP contribution in [-0.2, 0) is 56.9 Å². The van der Waals surface area contributed by atoms with E-state index in [1.54, 1.807) is 60.4 Å². The van der Waals surface area contributed by atoms with E-state index in [1.807, 2.05) is 86.4 Å². The number of likely N-dealkylation sites (N-methyl/N-ethyl adjacent to an activating group) is 1. The van der Waals surface area contributed by atoms with Gasteiger partial charge in [0.05, 0.1) is 60.9 Å². The Kier molecular flexibility index (Phi) is 17.5. The molecule has 4 atom stereocenters. The van der Waals surface area contributed by atoms with Crippen LogP contribution < -0.4 is 15.4 Å². The van der Waals surface area contributed by atoms with E-state index in [2.05, 4.69) is 25.5 Å². The number of methoxy groups -OCH3 is 1. The van der Waals surface area contributed by atoms with Gasteiger partial charge >= 0.3 is 5.97 Å². The van der Waals surface area contributed by atoms with Gasteiger partial charge in [0.15, 0.2) is 0 Å². The van der Waals surface area contributed by atoms with E-state index >= 15 is 0 Å². The van der Waals surface area contributed by atoms with Crippen LogP contribution in [0.25, 0.3) is 11.4 Å². The van der Waals surface area contributed by atoms with E-state index in [0.717, 1.165) is 33.9 Å². The number of nitrogens with zero attached hydrogens (tertiary/aromatic N) is 6. The Hall–Kier alpha value is -5.84. The van der Waals surface area contributed by atoms with E-state index in [9.17, 15) is 24.3 Å². The molecule has 1 aliphatic heterocycles. The van der Waals surface area contributed by atoms with Gasteiger partial charge in [-0.1, -0.05) is 71.7 Å². The Bertz CT molecular complexity index is 2470. The topological polar surface area (TPSA) is 171 Å². The Labute approximate surface area is 402 Å². The Morgan fingerprint density at radius 3 is 2.33 bits per heavy atom. The first kappa shape index (κ1) is 50.6. The van der Waals surface area contributed by atoms with Gasteiger partial charge in [0.25, 0.3) is 0 Å². The summed E-state index contributed by atoms with van der Waals surface area (Å²) in [5, 5.41) is 17.0. The molecule has 3 aromatic carbocycles. The van der Waals surface area contributed by atoms with E-state index in [-0.39, 0.29) is 38.4 Å². The zero-order valence-corrected chi connectivity index (χ0v) is 40.4. The quantitative estimate of drug-likeness (QED) is 0.0720. The number of carbonyl (C=O) groups is 4. The molecule has 3 N–H and O–H groups in total. The molecule has 5 aromatic rings. The van der Waals surface area contributed by atoms with Crippen LogP contribution in [0.3, 0.4) is 0 Å². The highest BCUT2D eigenvalue weighted by Gasteiger charge is 2.45. The SMILES string of the molecule is COCC(NC(=O)C(C)NCc1ccc(Cl)cc1Oc1ccc(-c2cnc(CN(C)C)n2C)nc1)C(=O)N(C)[C@@]1(Cc2ccc(Cl)cc2)CCCN(C(=O)C(CC(=O)O)Cc2ccccc2)C1. The van der Waals surface area contributed by atoms with Crippen molar-refractivity contribution in [3.63, 3.8) is 0 Å². The molecular formula is C50H60Cl2N8O7. The van der Waals surface area contributed by atoms with Crippen molar-refractivity contribution in [3.8, 4) is 22.9 Å². The molecule has 2 aromatic heterocycles. The molecule has 1 saturated heterocycles. The third kappa shape index (κ3) is 13.4. The number of benzene rings is 3. The van der Waals surface area contributed by atoms with Gasteiger partial charge < -0.3 is 44.5 Å². The van der Waals surface area contributed by atoms with Crippen LogP contribution in [0, 0.1) is 5.92 Å². The summed E-state index contributed by atoms with van der Waals surface area (Å²) in [5.41, 5.74) is 3.17. The second kappa shape index (κ2) is 23.3. The second-order valence-corrected chi connectivity index (χ2v) is 18.4. The number of halogens is 2. The molecule has 1 aliphatic rings. The number of hydrogen-bond donors (Lipinski definition) is 3. The van der Waals surface area contributed by atoms with E-state index in [0.29, 0.717) is 53.9 Å². The van der Waals surface area contributed by atoms with Crippen molar-refractivity contribution in [2.24, 2.45) is 13.0 Å². The fraction of sp³-hybridized carbons (Fsp3) is 0.400. The third-order valence-electron chi connectivity index (χ3n) is 12.2. The van der Waals surface area contributed by atoms with Crippen LogP contribution in [0.1, 0.15) is 48.7 Å². The number of amides is 3. The first-order chi connectivity index (χ1) is 32.0. The van der Waals surface area contributed by atoms with Crippen molar-refractivity contribution in [1.82, 2.24) is 39.9 Å². The molecule has 3 amide bonds. The van der Waals surface area contributed by atoms with Gasteiger partial charge in [0.2, 0.25) is 17.7 Å². The number of nitrogens with one attached hydrogen (secondary N) is 2. The number of aliphatic carboxylic acids is 1. The second-order valence-electron chi connectivity index (χ2n) is 17.5. The molecule has 15 nitrogen and oxygen atoms in total. The fourth-order valence-corrected chi connectivity index (χ4v) is 8.79. The molecular weight excluding hydrogens is 896 g/mol. The number of imidazole rings is 1. The van der Waals surface area contributed by atoms with Gasteiger partial charge in [-0.15, -0.1) is 0 Å². The maximum atomic E-state index is 14.7. The minimum Gasteiger partial charge on any atom is -0.481 e. The van der Waals surface area contributed by atoms with Crippen LogP contribution in [-0.4, -0.2) is 124 Å². The van der Waals surface area contributed by atoms with E-state index in [1.165, 1.54) is 7.11 Å². The summed E-state index contributed by atoms with van der Waals surface area (Å²) in [6.45, 7) is 3.06. The predicted octanol–water partition coefficient (Wildman–Crippen LogP) is 6.65. The molecule has 3 unspecified atom stereocenters. The van der Waals surface area contributed by atoms with Crippen molar-refractivity contribution in [2.45, 2.75) is 69.7 Å². The minimum atomic E-state index is -1.08. The fourth-order valence-electron chi connectivity index (χ4n) is 8.50. The number of pyridine rings is 1. The van der Waals surface area contributed by atoms with E-state index < -0.39 is 41.3 Å².